The molecule has 1 rings (SSSR count). The molecule has 0 saturated heterocycles. The van der Waals surface area contributed by atoms with E-state index in [1.807, 2.05) is 25.2 Å². The first-order chi connectivity index (χ1) is 8.34. The lowest BCUT2D eigenvalue weighted by atomic mass is 9.83. The van der Waals surface area contributed by atoms with Crippen LogP contribution in [0.2, 0.25) is 0 Å². The molecular weight excluding hydrogens is 244 g/mol. The Balaban J connectivity index is 2.60. The van der Waals surface area contributed by atoms with Crippen molar-refractivity contribution in [3.05, 3.63) is 21.4 Å². The van der Waals surface area contributed by atoms with Crippen molar-refractivity contribution in [1.29, 1.82) is 0 Å². The maximum atomic E-state index is 10.8. The Morgan fingerprint density at radius 1 is 1.39 bits per heavy atom. The van der Waals surface area contributed by atoms with Crippen molar-refractivity contribution in [2.24, 2.45) is 5.41 Å². The molecule has 1 heterocycles. The van der Waals surface area contributed by atoms with Crippen LogP contribution in [0, 0.1) is 12.3 Å². The normalized spacial score (nSPS) is 11.8. The Labute approximate surface area is 114 Å². The van der Waals surface area contributed by atoms with E-state index in [1.54, 1.807) is 0 Å². The first-order valence-electron chi connectivity index (χ1n) is 6.64. The van der Waals surface area contributed by atoms with Gasteiger partial charge in [0, 0.05) is 9.75 Å². The highest BCUT2D eigenvalue weighted by Gasteiger charge is 2.22. The van der Waals surface area contributed by atoms with E-state index in [2.05, 4.69) is 19.9 Å². The molecule has 0 aliphatic carbocycles. The molecule has 0 fully saturated rings. The van der Waals surface area contributed by atoms with E-state index >= 15 is 0 Å². The van der Waals surface area contributed by atoms with Gasteiger partial charge in [0.05, 0.1) is 6.42 Å². The Hall–Kier alpha value is -0.830. The second-order valence-electron chi connectivity index (χ2n) is 5.78. The summed E-state index contributed by atoms with van der Waals surface area (Å²) in [6.45, 7) is 8.44. The first-order valence-corrected chi connectivity index (χ1v) is 7.45. The molecule has 0 aromatic carbocycles. The van der Waals surface area contributed by atoms with Gasteiger partial charge in [-0.05, 0) is 43.2 Å². The van der Waals surface area contributed by atoms with Crippen LogP contribution < -0.4 is 0 Å². The van der Waals surface area contributed by atoms with E-state index in [0.29, 0.717) is 0 Å². The van der Waals surface area contributed by atoms with Crippen LogP contribution in [-0.2, 0) is 17.6 Å². The lowest BCUT2D eigenvalue weighted by Gasteiger charge is -2.22. The number of hydrogen-bond acceptors (Lipinski definition) is 2. The minimum absolute atomic E-state index is 0.120. The van der Waals surface area contributed by atoms with Crippen LogP contribution in [0.4, 0.5) is 0 Å². The van der Waals surface area contributed by atoms with Gasteiger partial charge < -0.3 is 5.11 Å². The fourth-order valence-corrected chi connectivity index (χ4v) is 3.37. The number of aryl methyl sites for hydroxylation is 3. The molecule has 0 bridgehead atoms. The van der Waals surface area contributed by atoms with Gasteiger partial charge in [-0.15, -0.1) is 11.3 Å². The molecule has 102 valence electrons. The Bertz CT molecular complexity index is 405. The van der Waals surface area contributed by atoms with E-state index in [9.17, 15) is 4.79 Å². The summed E-state index contributed by atoms with van der Waals surface area (Å²) in [6.07, 6.45) is 4.51. The van der Waals surface area contributed by atoms with Gasteiger partial charge in [-0.2, -0.15) is 0 Å². The lowest BCUT2D eigenvalue weighted by molar-refractivity contribution is -0.139. The number of rotatable bonds is 7. The molecule has 18 heavy (non-hydrogen) atoms. The van der Waals surface area contributed by atoms with Gasteiger partial charge in [0.25, 0.3) is 0 Å². The minimum atomic E-state index is -0.700. The summed E-state index contributed by atoms with van der Waals surface area (Å²) >= 11 is 1.89. The minimum Gasteiger partial charge on any atom is -0.481 e. The van der Waals surface area contributed by atoms with Crippen molar-refractivity contribution in [1.82, 2.24) is 0 Å². The molecule has 1 aromatic heterocycles. The van der Waals surface area contributed by atoms with Gasteiger partial charge in [0.1, 0.15) is 0 Å². The zero-order valence-corrected chi connectivity index (χ0v) is 12.7. The number of carboxylic acid groups (broad SMARTS) is 1. The van der Waals surface area contributed by atoms with Crippen molar-refractivity contribution >= 4 is 17.3 Å². The van der Waals surface area contributed by atoms with Gasteiger partial charge in [0.15, 0.2) is 0 Å². The molecule has 0 spiro atoms. The molecule has 0 amide bonds. The first kappa shape index (κ1) is 15.2. The summed E-state index contributed by atoms with van der Waals surface area (Å²) in [4.78, 5) is 13.6. The van der Waals surface area contributed by atoms with Crippen LogP contribution in [0.1, 0.15) is 55.4 Å². The summed E-state index contributed by atoms with van der Waals surface area (Å²) in [5, 5.41) is 8.88. The zero-order chi connectivity index (χ0) is 13.8. The van der Waals surface area contributed by atoms with Crippen LogP contribution in [-0.4, -0.2) is 11.1 Å². The van der Waals surface area contributed by atoms with Crippen LogP contribution in [0.25, 0.3) is 0 Å². The molecule has 0 radical (unpaired) electrons. The van der Waals surface area contributed by atoms with E-state index in [1.165, 1.54) is 21.7 Å². The fraction of sp³-hybridized carbons (Fsp3) is 0.667. The molecule has 2 nitrogen and oxygen atoms in total. The standard InChI is InChI=1S/C15H24O2S/c1-5-6-13-9-12(11(2)18-13)7-8-15(3,4)10-14(16)17/h9H,5-8,10H2,1-4H3,(H,16,17). The number of carboxylic acids is 1. The van der Waals surface area contributed by atoms with E-state index < -0.39 is 5.97 Å². The van der Waals surface area contributed by atoms with Crippen LogP contribution >= 0.6 is 11.3 Å². The summed E-state index contributed by atoms with van der Waals surface area (Å²) in [7, 11) is 0. The molecule has 0 aliphatic rings. The third kappa shape index (κ3) is 4.81. The van der Waals surface area contributed by atoms with Gasteiger partial charge >= 0.3 is 5.97 Å². The maximum Gasteiger partial charge on any atom is 0.303 e. The Morgan fingerprint density at radius 2 is 2.06 bits per heavy atom. The lowest BCUT2D eigenvalue weighted by Crippen LogP contribution is -2.17. The predicted molar refractivity (Wildman–Crippen MR) is 77.4 cm³/mol. The third-order valence-corrected chi connectivity index (χ3v) is 4.42. The maximum absolute atomic E-state index is 10.8. The summed E-state index contributed by atoms with van der Waals surface area (Å²) in [5.74, 6) is -0.700. The molecule has 1 N–H and O–H groups in total. The molecule has 0 aliphatic heterocycles. The highest BCUT2D eigenvalue weighted by atomic mass is 32.1. The van der Waals surface area contributed by atoms with E-state index in [4.69, 9.17) is 5.11 Å². The number of carbonyl (C=O) groups is 1. The number of hydrogen-bond donors (Lipinski definition) is 1. The van der Waals surface area contributed by atoms with Crippen LogP contribution in [0.5, 0.6) is 0 Å². The molecule has 0 saturated carbocycles. The molecule has 1 aromatic rings. The average Bonchev–Trinajstić information content (AvgIpc) is 2.55. The molecule has 0 atom stereocenters. The van der Waals surface area contributed by atoms with Crippen molar-refractivity contribution in [3.8, 4) is 0 Å². The molecule has 0 unspecified atom stereocenters. The fourth-order valence-electron chi connectivity index (χ4n) is 2.18. The van der Waals surface area contributed by atoms with Crippen molar-refractivity contribution in [3.63, 3.8) is 0 Å². The summed E-state index contributed by atoms with van der Waals surface area (Å²) < 4.78 is 0. The van der Waals surface area contributed by atoms with Gasteiger partial charge in [-0.3, -0.25) is 4.79 Å². The summed E-state index contributed by atoms with van der Waals surface area (Å²) in [6, 6.07) is 2.31. The summed E-state index contributed by atoms with van der Waals surface area (Å²) in [5.41, 5.74) is 1.28. The quantitative estimate of drug-likeness (QED) is 0.793. The monoisotopic (exact) mass is 268 g/mol. The van der Waals surface area contributed by atoms with Crippen molar-refractivity contribution in [2.45, 2.75) is 59.8 Å². The van der Waals surface area contributed by atoms with Crippen LogP contribution in [0.15, 0.2) is 6.07 Å². The smallest absolute Gasteiger partial charge is 0.303 e. The average molecular weight is 268 g/mol. The van der Waals surface area contributed by atoms with Crippen LogP contribution in [0.3, 0.4) is 0 Å². The van der Waals surface area contributed by atoms with Crippen molar-refractivity contribution < 1.29 is 9.90 Å². The van der Waals surface area contributed by atoms with Gasteiger partial charge in [-0.25, -0.2) is 0 Å². The molecule has 3 heteroatoms. The Kier molecular flexibility index (Phi) is 5.39. The third-order valence-electron chi connectivity index (χ3n) is 3.27. The highest BCUT2D eigenvalue weighted by molar-refractivity contribution is 7.12. The Morgan fingerprint density at radius 3 is 2.61 bits per heavy atom. The largest absolute Gasteiger partial charge is 0.481 e. The zero-order valence-electron chi connectivity index (χ0n) is 11.9. The van der Waals surface area contributed by atoms with E-state index in [-0.39, 0.29) is 11.8 Å². The SMILES string of the molecule is CCCc1cc(CCC(C)(C)CC(=O)O)c(C)s1. The number of thiophene rings is 1. The van der Waals surface area contributed by atoms with Gasteiger partial charge in [-0.1, -0.05) is 27.2 Å². The topological polar surface area (TPSA) is 37.3 Å². The second-order valence-corrected chi connectivity index (χ2v) is 7.12. The second kappa shape index (κ2) is 6.37. The van der Waals surface area contributed by atoms with Crippen molar-refractivity contribution in [2.75, 3.05) is 0 Å². The predicted octanol–water partition coefficient (Wildman–Crippen LogP) is 4.44. The number of aliphatic carboxylic acids is 1. The van der Waals surface area contributed by atoms with Gasteiger partial charge in [0.2, 0.25) is 0 Å². The highest BCUT2D eigenvalue weighted by Crippen LogP contribution is 2.30. The van der Waals surface area contributed by atoms with E-state index in [0.717, 1.165) is 19.3 Å². The molecular formula is C15H24O2S.